The number of amides is 1. The highest BCUT2D eigenvalue weighted by Crippen LogP contribution is 2.35. The number of rotatable bonds is 11. The largest absolute Gasteiger partial charge is 0.477 e. The summed E-state index contributed by atoms with van der Waals surface area (Å²) in [5.41, 5.74) is 2.16. The van der Waals surface area contributed by atoms with Gasteiger partial charge in [0.1, 0.15) is 0 Å². The number of hydrogen-bond donors (Lipinski definition) is 2. The van der Waals surface area contributed by atoms with Crippen LogP contribution in [0.5, 0.6) is 0 Å². The predicted molar refractivity (Wildman–Crippen MR) is 120 cm³/mol. The van der Waals surface area contributed by atoms with Gasteiger partial charge in [-0.05, 0) is 48.6 Å². The van der Waals surface area contributed by atoms with Crippen LogP contribution in [0.1, 0.15) is 25.8 Å². The molecule has 0 fully saturated rings. The van der Waals surface area contributed by atoms with Crippen LogP contribution >= 0.6 is 11.6 Å². The molecule has 6 nitrogen and oxygen atoms in total. The van der Waals surface area contributed by atoms with E-state index in [0.29, 0.717) is 10.6 Å². The molecule has 0 bridgehead atoms. The number of carboxylic acids is 1. The molecular weight excluding hydrogens is 494 g/mol. The molecule has 0 heterocycles. The maximum absolute atomic E-state index is 14.0. The van der Waals surface area contributed by atoms with Crippen molar-refractivity contribution in [2.24, 2.45) is 5.92 Å². The summed E-state index contributed by atoms with van der Waals surface area (Å²) in [6.07, 6.45) is -0.310. The van der Waals surface area contributed by atoms with Gasteiger partial charge in [0.25, 0.3) is 5.91 Å². The van der Waals surface area contributed by atoms with Gasteiger partial charge in [0, 0.05) is 11.1 Å². The molecule has 0 spiro atoms. The van der Waals surface area contributed by atoms with Crippen LogP contribution in [-0.4, -0.2) is 47.4 Å². The number of ether oxygens (including phenoxy) is 1. The number of halogens is 5. The van der Waals surface area contributed by atoms with Crippen molar-refractivity contribution in [1.29, 1.82) is 0 Å². The van der Waals surface area contributed by atoms with E-state index in [-0.39, 0.29) is 19.4 Å². The highest BCUT2D eigenvalue weighted by Gasteiger charge is 2.67. The van der Waals surface area contributed by atoms with Gasteiger partial charge in [-0.25, -0.2) is 4.79 Å². The lowest BCUT2D eigenvalue weighted by Gasteiger charge is -2.26. The molecule has 0 aliphatic heterocycles. The second kappa shape index (κ2) is 11.5. The summed E-state index contributed by atoms with van der Waals surface area (Å²) in [6.45, 7) is 3.07. The van der Waals surface area contributed by atoms with E-state index in [1.807, 2.05) is 6.07 Å². The van der Waals surface area contributed by atoms with Crippen molar-refractivity contribution in [2.75, 3.05) is 6.61 Å². The van der Waals surface area contributed by atoms with Gasteiger partial charge in [-0.15, -0.1) is 0 Å². The zero-order chi connectivity index (χ0) is 26.4. The molecule has 2 rings (SSSR count). The first kappa shape index (κ1) is 28.1. The van der Waals surface area contributed by atoms with Crippen molar-refractivity contribution in [3.05, 3.63) is 59.1 Å². The summed E-state index contributed by atoms with van der Waals surface area (Å²) in [5.74, 6) is -18.2. The molecule has 0 unspecified atom stereocenters. The van der Waals surface area contributed by atoms with E-state index in [4.69, 9.17) is 21.4 Å². The molecule has 11 heteroatoms. The molecule has 2 aromatic rings. The number of esters is 1. The normalized spacial score (nSPS) is 13.6. The van der Waals surface area contributed by atoms with Crippen LogP contribution in [0.4, 0.5) is 17.6 Å². The highest BCUT2D eigenvalue weighted by molar-refractivity contribution is 6.30. The number of carbonyl (C=O) groups is 3. The maximum Gasteiger partial charge on any atom is 0.413 e. The third-order valence-corrected chi connectivity index (χ3v) is 5.44. The smallest absolute Gasteiger partial charge is 0.413 e. The molecule has 2 N–H and O–H groups in total. The third kappa shape index (κ3) is 6.94. The molecule has 0 radical (unpaired) electrons. The molecule has 0 saturated heterocycles. The van der Waals surface area contributed by atoms with E-state index in [0.717, 1.165) is 11.1 Å². The first-order chi connectivity index (χ1) is 16.3. The molecule has 2 atom stereocenters. The second-order valence-electron chi connectivity index (χ2n) is 7.92. The Bertz CT molecular complexity index is 1060. The van der Waals surface area contributed by atoms with Crippen molar-refractivity contribution >= 4 is 29.4 Å². The molecule has 0 saturated carbocycles. The summed E-state index contributed by atoms with van der Waals surface area (Å²) in [5, 5.41) is 10.7. The minimum Gasteiger partial charge on any atom is -0.477 e. The Morgan fingerprint density at radius 2 is 1.66 bits per heavy atom. The first-order valence-electron chi connectivity index (χ1n) is 10.6. The fraction of sp³-hybridized carbons (Fsp3) is 0.375. The van der Waals surface area contributed by atoms with E-state index in [2.05, 4.69) is 0 Å². The second-order valence-corrected chi connectivity index (χ2v) is 8.36. The van der Waals surface area contributed by atoms with E-state index in [1.165, 1.54) is 6.92 Å². The Hall–Kier alpha value is -3.14. The minimum absolute atomic E-state index is 0.0636. The quantitative estimate of drug-likeness (QED) is 0.324. The summed E-state index contributed by atoms with van der Waals surface area (Å²) >= 11 is 6.00. The zero-order valence-corrected chi connectivity index (χ0v) is 19.6. The number of benzene rings is 2. The molecule has 1 amide bonds. The topological polar surface area (TPSA) is 92.7 Å². The van der Waals surface area contributed by atoms with E-state index >= 15 is 0 Å². The molecular formula is C24H24ClF4NO5. The van der Waals surface area contributed by atoms with Gasteiger partial charge in [-0.2, -0.15) is 17.6 Å². The third-order valence-electron chi connectivity index (χ3n) is 5.20. The maximum atomic E-state index is 14.0. The van der Waals surface area contributed by atoms with Crippen LogP contribution in [0, 0.1) is 5.92 Å². The Morgan fingerprint density at radius 3 is 2.20 bits per heavy atom. The van der Waals surface area contributed by atoms with E-state index in [9.17, 15) is 31.9 Å². The fourth-order valence-corrected chi connectivity index (χ4v) is 3.53. The van der Waals surface area contributed by atoms with Crippen molar-refractivity contribution in [1.82, 2.24) is 5.32 Å². The lowest BCUT2D eigenvalue weighted by atomic mass is 9.94. The van der Waals surface area contributed by atoms with Crippen LogP contribution < -0.4 is 5.32 Å². The number of aliphatic carboxylic acids is 1. The molecule has 0 aliphatic rings. The predicted octanol–water partition coefficient (Wildman–Crippen LogP) is 4.98. The molecule has 2 aromatic carbocycles. The number of nitrogens with one attached hydrogen (secondary N) is 1. The fourth-order valence-electron chi connectivity index (χ4n) is 3.34. The Labute approximate surface area is 204 Å². The van der Waals surface area contributed by atoms with Crippen LogP contribution in [0.15, 0.2) is 48.5 Å². The molecule has 0 aromatic heterocycles. The van der Waals surface area contributed by atoms with Gasteiger partial charge in [0.15, 0.2) is 0 Å². The Balaban J connectivity index is 2.26. The molecule has 35 heavy (non-hydrogen) atoms. The monoisotopic (exact) mass is 517 g/mol. The lowest BCUT2D eigenvalue weighted by Crippen LogP contribution is -2.58. The number of carboxylic acid groups (broad SMARTS) is 1. The van der Waals surface area contributed by atoms with Crippen molar-refractivity contribution in [3.8, 4) is 11.1 Å². The Morgan fingerprint density at radius 1 is 1.03 bits per heavy atom. The van der Waals surface area contributed by atoms with Crippen molar-refractivity contribution in [2.45, 2.75) is 44.6 Å². The van der Waals surface area contributed by atoms with Crippen LogP contribution in [0.25, 0.3) is 11.1 Å². The first-order valence-corrected chi connectivity index (χ1v) is 11.0. The van der Waals surface area contributed by atoms with Crippen molar-refractivity contribution < 1.29 is 41.8 Å². The van der Waals surface area contributed by atoms with Crippen molar-refractivity contribution in [3.63, 3.8) is 0 Å². The van der Waals surface area contributed by atoms with Gasteiger partial charge >= 0.3 is 23.8 Å². The zero-order valence-electron chi connectivity index (χ0n) is 18.9. The molecule has 0 aliphatic carbocycles. The van der Waals surface area contributed by atoms with Gasteiger partial charge in [0.05, 0.1) is 12.5 Å². The van der Waals surface area contributed by atoms with Gasteiger partial charge < -0.3 is 15.2 Å². The summed E-state index contributed by atoms with van der Waals surface area (Å²) < 4.78 is 59.8. The van der Waals surface area contributed by atoms with E-state index in [1.54, 1.807) is 54.7 Å². The van der Waals surface area contributed by atoms with Gasteiger partial charge in [-0.1, -0.05) is 54.9 Å². The number of carbonyl (C=O) groups excluding carboxylic acids is 2. The number of hydrogen-bond acceptors (Lipinski definition) is 4. The highest BCUT2D eigenvalue weighted by atomic mass is 35.5. The average Bonchev–Trinajstić information content (AvgIpc) is 2.79. The summed E-state index contributed by atoms with van der Waals surface area (Å²) in [6, 6.07) is 12.6. The summed E-state index contributed by atoms with van der Waals surface area (Å²) in [4.78, 5) is 34.6. The lowest BCUT2D eigenvalue weighted by molar-refractivity contribution is -0.222. The van der Waals surface area contributed by atoms with Crippen LogP contribution in [-0.2, 0) is 25.5 Å². The summed E-state index contributed by atoms with van der Waals surface area (Å²) in [7, 11) is 0. The number of alkyl halides is 4. The van der Waals surface area contributed by atoms with E-state index < -0.39 is 41.7 Å². The SMILES string of the molecule is CCOC(=O)[C@H](C)C[C@@H](Cc1ccc(-c2cccc(Cl)c2)cc1)NC(=O)C(F)(F)C(F)(F)C(=O)O. The van der Waals surface area contributed by atoms with Crippen LogP contribution in [0.2, 0.25) is 5.02 Å². The minimum atomic E-state index is -5.62. The van der Waals surface area contributed by atoms with Gasteiger partial charge in [-0.3, -0.25) is 9.59 Å². The average molecular weight is 518 g/mol. The van der Waals surface area contributed by atoms with Gasteiger partial charge in [0.2, 0.25) is 0 Å². The molecule has 190 valence electrons. The Kier molecular flexibility index (Phi) is 9.25. The van der Waals surface area contributed by atoms with Crippen LogP contribution in [0.3, 0.4) is 0 Å². The standard InChI is InChI=1S/C24H24ClF4NO5/c1-3-35-20(31)14(2)11-19(30-21(32)23(26,27)24(28,29)22(33)34)12-15-7-9-16(10-8-15)17-5-4-6-18(25)13-17/h4-10,13-14,19H,3,11-12H2,1-2H3,(H,30,32)(H,33,34)/t14-,19+/m1/s1.